The van der Waals surface area contributed by atoms with Crippen molar-refractivity contribution < 1.29 is 23.7 Å². The monoisotopic (exact) mass is 552 g/mol. The molecule has 0 amide bonds. The second-order valence-corrected chi connectivity index (χ2v) is 11.0. The molecule has 2 aliphatic heterocycles. The maximum Gasteiger partial charge on any atom is 0.326 e. The molecule has 3 aromatic rings. The van der Waals surface area contributed by atoms with Crippen molar-refractivity contribution in [1.82, 2.24) is 19.4 Å². The summed E-state index contributed by atoms with van der Waals surface area (Å²) in [7, 11) is 3.36. The number of nitrogens with one attached hydrogen (secondary N) is 1. The van der Waals surface area contributed by atoms with E-state index in [-0.39, 0.29) is 23.7 Å². The van der Waals surface area contributed by atoms with Crippen molar-refractivity contribution in [3.8, 4) is 11.4 Å². The molecule has 1 aromatic carbocycles. The molecule has 2 saturated heterocycles. The molecule has 40 heavy (non-hydrogen) atoms. The number of hydrogen-bond donors (Lipinski definition) is 1. The van der Waals surface area contributed by atoms with Crippen molar-refractivity contribution in [2.75, 3.05) is 33.5 Å². The average Bonchev–Trinajstić information content (AvgIpc) is 3.59. The maximum atomic E-state index is 12.9. The number of rotatable bonds is 10. The second kappa shape index (κ2) is 12.6. The van der Waals surface area contributed by atoms with E-state index in [1.807, 2.05) is 26.1 Å². The minimum atomic E-state index is -0.614. The van der Waals surface area contributed by atoms with E-state index in [0.29, 0.717) is 37.7 Å². The van der Waals surface area contributed by atoms with Crippen LogP contribution in [0.1, 0.15) is 37.3 Å². The summed E-state index contributed by atoms with van der Waals surface area (Å²) in [6, 6.07) is 7.53. The highest BCUT2D eigenvalue weighted by molar-refractivity contribution is 5.81. The quantitative estimate of drug-likeness (QED) is 0.383. The predicted octanol–water partition coefficient (Wildman–Crippen LogP) is 2.96. The van der Waals surface area contributed by atoms with Gasteiger partial charge in [-0.25, -0.2) is 4.98 Å². The Morgan fingerprint density at radius 3 is 2.65 bits per heavy atom. The normalized spacial score (nSPS) is 19.6. The Balaban J connectivity index is 1.42. The van der Waals surface area contributed by atoms with Crippen LogP contribution in [0.3, 0.4) is 0 Å². The van der Waals surface area contributed by atoms with Crippen LogP contribution < -0.4 is 10.9 Å². The molecule has 2 aromatic heterocycles. The number of aryl methyl sites for hydroxylation is 2. The van der Waals surface area contributed by atoms with Gasteiger partial charge >= 0.3 is 5.97 Å². The molecule has 0 radical (unpaired) electrons. The van der Waals surface area contributed by atoms with Crippen molar-refractivity contribution in [2.24, 2.45) is 13.0 Å². The highest BCUT2D eigenvalue weighted by atomic mass is 16.6. The topological polar surface area (TPSA) is 106 Å². The third-order valence-electron chi connectivity index (χ3n) is 8.01. The number of fused-ring (bicyclic) bond motifs is 1. The van der Waals surface area contributed by atoms with Crippen molar-refractivity contribution in [1.29, 1.82) is 0 Å². The molecule has 4 heterocycles. The van der Waals surface area contributed by atoms with Crippen LogP contribution in [0.5, 0.6) is 0 Å². The van der Waals surface area contributed by atoms with Gasteiger partial charge in [-0.3, -0.25) is 14.9 Å². The zero-order valence-electron chi connectivity index (χ0n) is 23.9. The SMILES string of the molecule is CO[C@@H](C)[C@H](NCc1ccc2c(c1)nc(-c1cc(C)c(=O)n(C)c1)n2CC1CCOCC1)C(=O)O[C@@H]1CCOC1. The smallest absolute Gasteiger partial charge is 0.326 e. The van der Waals surface area contributed by atoms with Crippen LogP contribution in [-0.2, 0) is 43.9 Å². The zero-order valence-corrected chi connectivity index (χ0v) is 23.9. The molecular weight excluding hydrogens is 512 g/mol. The van der Waals surface area contributed by atoms with Crippen LogP contribution >= 0.6 is 0 Å². The van der Waals surface area contributed by atoms with Crippen LogP contribution in [-0.4, -0.2) is 71.9 Å². The Morgan fingerprint density at radius 1 is 1.18 bits per heavy atom. The molecule has 10 heteroatoms. The van der Waals surface area contributed by atoms with Crippen LogP contribution in [0.2, 0.25) is 0 Å². The molecule has 2 aliphatic rings. The van der Waals surface area contributed by atoms with Gasteiger partial charge in [0, 0.05) is 64.2 Å². The number of benzene rings is 1. The largest absolute Gasteiger partial charge is 0.459 e. The molecule has 0 saturated carbocycles. The van der Waals surface area contributed by atoms with Crippen LogP contribution in [0.15, 0.2) is 35.3 Å². The molecule has 0 bridgehead atoms. The van der Waals surface area contributed by atoms with E-state index in [1.165, 1.54) is 0 Å². The number of pyridine rings is 1. The first kappa shape index (κ1) is 28.5. The Hall–Kier alpha value is -3.05. The third kappa shape index (κ3) is 6.30. The Kier molecular flexibility index (Phi) is 9.00. The maximum absolute atomic E-state index is 12.9. The van der Waals surface area contributed by atoms with Gasteiger partial charge in [-0.15, -0.1) is 0 Å². The van der Waals surface area contributed by atoms with E-state index in [0.717, 1.165) is 60.6 Å². The van der Waals surface area contributed by atoms with Gasteiger partial charge in [0.25, 0.3) is 5.56 Å². The number of aromatic nitrogens is 3. The highest BCUT2D eigenvalue weighted by Crippen LogP contribution is 2.29. The first-order valence-electron chi connectivity index (χ1n) is 14.1. The number of esters is 1. The summed E-state index contributed by atoms with van der Waals surface area (Å²) < 4.78 is 26.0. The van der Waals surface area contributed by atoms with E-state index in [2.05, 4.69) is 28.1 Å². The molecule has 216 valence electrons. The second-order valence-electron chi connectivity index (χ2n) is 11.0. The first-order chi connectivity index (χ1) is 19.3. The van der Waals surface area contributed by atoms with Crippen LogP contribution in [0.4, 0.5) is 0 Å². The Bertz CT molecular complexity index is 1360. The fourth-order valence-corrected chi connectivity index (χ4v) is 5.53. The molecule has 0 unspecified atom stereocenters. The van der Waals surface area contributed by atoms with Crippen LogP contribution in [0.25, 0.3) is 22.4 Å². The van der Waals surface area contributed by atoms with E-state index in [4.69, 9.17) is 23.9 Å². The Labute approximate surface area is 234 Å². The third-order valence-corrected chi connectivity index (χ3v) is 8.01. The van der Waals surface area contributed by atoms with Crippen molar-refractivity contribution in [3.05, 3.63) is 51.9 Å². The number of imidazole rings is 1. The van der Waals surface area contributed by atoms with Gasteiger partial charge in [0.15, 0.2) is 0 Å². The Morgan fingerprint density at radius 2 is 1.95 bits per heavy atom. The van der Waals surface area contributed by atoms with Gasteiger partial charge in [0.2, 0.25) is 0 Å². The summed E-state index contributed by atoms with van der Waals surface area (Å²) in [4.78, 5) is 30.4. The summed E-state index contributed by atoms with van der Waals surface area (Å²) >= 11 is 0. The van der Waals surface area contributed by atoms with Gasteiger partial charge in [0.1, 0.15) is 18.0 Å². The number of methoxy groups -OCH3 is 1. The summed E-state index contributed by atoms with van der Waals surface area (Å²) in [5.41, 5.74) is 4.49. The lowest BCUT2D eigenvalue weighted by Crippen LogP contribution is -2.47. The summed E-state index contributed by atoms with van der Waals surface area (Å²) in [6.07, 6.45) is 4.01. The lowest BCUT2D eigenvalue weighted by Gasteiger charge is -2.24. The minimum Gasteiger partial charge on any atom is -0.459 e. The first-order valence-corrected chi connectivity index (χ1v) is 14.1. The lowest BCUT2D eigenvalue weighted by molar-refractivity contribution is -0.155. The van der Waals surface area contributed by atoms with Gasteiger partial charge in [0.05, 0.1) is 30.4 Å². The van der Waals surface area contributed by atoms with Crippen molar-refractivity contribution >= 4 is 17.0 Å². The number of nitrogens with zero attached hydrogens (tertiary/aromatic N) is 3. The average molecular weight is 553 g/mol. The molecule has 3 atom stereocenters. The van der Waals surface area contributed by atoms with E-state index in [9.17, 15) is 9.59 Å². The van der Waals surface area contributed by atoms with Gasteiger partial charge < -0.3 is 28.1 Å². The highest BCUT2D eigenvalue weighted by Gasteiger charge is 2.30. The molecule has 10 nitrogen and oxygen atoms in total. The molecule has 0 aliphatic carbocycles. The fourth-order valence-electron chi connectivity index (χ4n) is 5.53. The summed E-state index contributed by atoms with van der Waals surface area (Å²) in [6.45, 7) is 7.57. The van der Waals surface area contributed by atoms with E-state index in [1.54, 1.807) is 18.7 Å². The number of carbonyl (C=O) groups is 1. The number of hydrogen-bond acceptors (Lipinski definition) is 8. The molecule has 1 N–H and O–H groups in total. The summed E-state index contributed by atoms with van der Waals surface area (Å²) in [5, 5.41) is 3.34. The van der Waals surface area contributed by atoms with Crippen LogP contribution in [0, 0.1) is 12.8 Å². The molecular formula is C30H40N4O6. The number of ether oxygens (including phenoxy) is 4. The van der Waals surface area contributed by atoms with E-state index >= 15 is 0 Å². The van der Waals surface area contributed by atoms with Gasteiger partial charge in [-0.05, 0) is 56.4 Å². The summed E-state index contributed by atoms with van der Waals surface area (Å²) in [5.74, 6) is 1.00. The minimum absolute atomic E-state index is 0.0111. The molecule has 5 rings (SSSR count). The molecule has 0 spiro atoms. The van der Waals surface area contributed by atoms with Gasteiger partial charge in [-0.1, -0.05) is 6.07 Å². The number of carbonyl (C=O) groups excluding carboxylic acids is 1. The van der Waals surface area contributed by atoms with Gasteiger partial charge in [-0.2, -0.15) is 0 Å². The fraction of sp³-hybridized carbons (Fsp3) is 0.567. The predicted molar refractivity (Wildman–Crippen MR) is 151 cm³/mol. The lowest BCUT2D eigenvalue weighted by atomic mass is 10.00. The standard InChI is InChI=1S/C30H40N4O6/c1-19-13-23(17-33(3)29(19)35)28-32-25-14-22(5-6-26(25)34(28)16-21-7-10-38-11-8-21)15-31-27(20(2)37-4)30(36)40-24-9-12-39-18-24/h5-6,13-14,17,20-21,24,27,31H,7-12,15-16,18H2,1-4H3/t20-,24+,27-/m0/s1. The van der Waals surface area contributed by atoms with Crippen molar-refractivity contribution in [2.45, 2.75) is 64.4 Å². The van der Waals surface area contributed by atoms with E-state index < -0.39 is 6.04 Å². The molecule has 2 fully saturated rings. The zero-order chi connectivity index (χ0) is 28.2. The van der Waals surface area contributed by atoms with Crippen molar-refractivity contribution in [3.63, 3.8) is 0 Å².